The summed E-state index contributed by atoms with van der Waals surface area (Å²) in [5.41, 5.74) is 8.53. The smallest absolute Gasteiger partial charge is 0.257 e. The predicted molar refractivity (Wildman–Crippen MR) is 117 cm³/mol. The number of aromatic nitrogens is 3. The summed E-state index contributed by atoms with van der Waals surface area (Å²) < 4.78 is 51.8. The van der Waals surface area contributed by atoms with Gasteiger partial charge in [0.05, 0.1) is 5.69 Å². The average Bonchev–Trinajstić information content (AvgIpc) is 3.12. The minimum absolute atomic E-state index is 0.116. The van der Waals surface area contributed by atoms with E-state index in [1.807, 2.05) is 0 Å². The molecule has 9 heteroatoms. The van der Waals surface area contributed by atoms with E-state index in [9.17, 15) is 18.7 Å². The molecule has 4 N–H and O–H groups in total. The zero-order valence-electron chi connectivity index (χ0n) is 20.1. The van der Waals surface area contributed by atoms with Crippen molar-refractivity contribution in [2.75, 3.05) is 11.1 Å². The number of hydrogen-bond acceptors (Lipinski definition) is 5. The van der Waals surface area contributed by atoms with E-state index in [4.69, 9.17) is 9.85 Å². The number of halogens is 2. The van der Waals surface area contributed by atoms with Gasteiger partial charge in [-0.25, -0.2) is 18.7 Å². The predicted octanol–water partition coefficient (Wildman–Crippen LogP) is 3.85. The van der Waals surface area contributed by atoms with Gasteiger partial charge in [0.1, 0.15) is 34.5 Å². The Labute approximate surface area is 186 Å². The number of nitrogens with two attached hydrogens (primary N) is 1. The summed E-state index contributed by atoms with van der Waals surface area (Å²) in [6.45, 7) is 0.908. The Balaban J connectivity index is 1.69. The van der Waals surface area contributed by atoms with Crippen LogP contribution in [-0.4, -0.2) is 25.4 Å². The van der Waals surface area contributed by atoms with Crippen molar-refractivity contribution in [2.45, 2.75) is 26.8 Å². The summed E-state index contributed by atoms with van der Waals surface area (Å²) in [4.78, 5) is 21.0. The summed E-state index contributed by atoms with van der Waals surface area (Å²) in [6.07, 6.45) is -0.252. The lowest BCUT2D eigenvalue weighted by atomic mass is 10.0. The molecule has 1 amide bonds. The van der Waals surface area contributed by atoms with Crippen LogP contribution in [0.5, 0.6) is 0 Å². The number of aliphatic hydroxyl groups excluding tert-OH is 1. The lowest BCUT2D eigenvalue weighted by molar-refractivity contribution is -0.124. The second-order valence-electron chi connectivity index (χ2n) is 7.39. The third-order valence-electron chi connectivity index (χ3n) is 4.96. The van der Waals surface area contributed by atoms with Crippen LogP contribution in [0.25, 0.3) is 16.8 Å². The molecule has 0 saturated heterocycles. The van der Waals surface area contributed by atoms with Crippen molar-refractivity contribution in [3.8, 4) is 11.3 Å². The number of hydrogen-bond donors (Lipinski definition) is 3. The van der Waals surface area contributed by atoms with Gasteiger partial charge >= 0.3 is 0 Å². The number of nitrogens with zero attached hydrogens (tertiary/aromatic N) is 3. The normalized spacial score (nSPS) is 14.0. The number of benzene rings is 2. The van der Waals surface area contributed by atoms with E-state index in [1.165, 1.54) is 10.5 Å². The van der Waals surface area contributed by atoms with E-state index in [1.54, 1.807) is 32.2 Å². The number of nitrogen functional groups attached to an aromatic ring is 1. The zero-order valence-corrected chi connectivity index (χ0v) is 17.1. The lowest BCUT2D eigenvalue weighted by Crippen LogP contribution is -2.21. The summed E-state index contributed by atoms with van der Waals surface area (Å²) in [6, 6.07) is 7.10. The molecular weight excluding hydrogens is 416 g/mol. The molecule has 0 spiro atoms. The molecule has 2 heterocycles. The highest BCUT2D eigenvalue weighted by molar-refractivity contribution is 5.95. The summed E-state index contributed by atoms with van der Waals surface area (Å²) in [5, 5.41) is 12.7. The molecule has 0 saturated carbocycles. The molecule has 4 rings (SSSR count). The molecule has 0 bridgehead atoms. The fourth-order valence-corrected chi connectivity index (χ4v) is 3.55. The van der Waals surface area contributed by atoms with Crippen LogP contribution in [0.15, 0.2) is 42.6 Å². The third-order valence-corrected chi connectivity index (χ3v) is 4.96. The number of aliphatic hydroxyl groups is 1. The molecule has 4 aromatic rings. The van der Waals surface area contributed by atoms with Crippen molar-refractivity contribution >= 4 is 22.9 Å². The maximum atomic E-state index is 13.4. The van der Waals surface area contributed by atoms with Crippen LogP contribution in [0.2, 0.25) is 0 Å². The van der Waals surface area contributed by atoms with E-state index >= 15 is 0 Å². The molecule has 164 valence electrons. The number of fused-ring (bicyclic) bond motifs is 1. The van der Waals surface area contributed by atoms with Crippen LogP contribution in [0.4, 0.5) is 20.3 Å². The number of nitrogens with one attached hydrogen (secondary N) is 1. The largest absolute Gasteiger partial charge is 0.382 e. The Morgan fingerprint density at radius 2 is 1.91 bits per heavy atom. The molecule has 2 aromatic heterocycles. The van der Waals surface area contributed by atoms with Crippen LogP contribution in [0.1, 0.15) is 32.9 Å². The lowest BCUT2D eigenvalue weighted by Gasteiger charge is -2.13. The first-order valence-corrected chi connectivity index (χ1v) is 9.56. The van der Waals surface area contributed by atoms with Gasteiger partial charge in [0.25, 0.3) is 5.91 Å². The fourth-order valence-electron chi connectivity index (χ4n) is 3.55. The van der Waals surface area contributed by atoms with Crippen LogP contribution in [0, 0.1) is 32.3 Å². The standard InChI is InChI=1S/C23H21F2N5O2/c1-11-6-17(29-23(32)21(31)14-7-15(24)9-16(25)8-14)4-5-18(11)19-20-22(26)27-12(2)10-30(20)13(3)28-19/h4-10,21,31H,1-3H3,(H2,26,27)(H,29,32)/t21-/m1/s1/i3D3. The van der Waals surface area contributed by atoms with Crippen molar-refractivity contribution < 1.29 is 22.8 Å². The number of anilines is 2. The molecule has 0 aliphatic heterocycles. The fraction of sp³-hybridized carbons (Fsp3) is 0.174. The number of aryl methyl sites for hydroxylation is 3. The number of carbonyl (C=O) groups excluding carboxylic acids is 1. The molecule has 7 nitrogen and oxygen atoms in total. The highest BCUT2D eigenvalue weighted by Crippen LogP contribution is 2.32. The van der Waals surface area contributed by atoms with Crippen molar-refractivity contribution in [2.24, 2.45) is 0 Å². The Hall–Kier alpha value is -3.85. The molecule has 2 aromatic carbocycles. The average molecular weight is 440 g/mol. The molecule has 0 fully saturated rings. The Morgan fingerprint density at radius 1 is 1.19 bits per heavy atom. The second kappa shape index (κ2) is 8.01. The van der Waals surface area contributed by atoms with Crippen LogP contribution >= 0.6 is 0 Å². The van der Waals surface area contributed by atoms with Crippen molar-refractivity contribution in [3.05, 3.63) is 76.9 Å². The van der Waals surface area contributed by atoms with E-state index in [0.717, 1.165) is 12.1 Å². The van der Waals surface area contributed by atoms with E-state index in [0.29, 0.717) is 39.8 Å². The maximum Gasteiger partial charge on any atom is 0.257 e. The molecular formula is C23H21F2N5O2. The molecule has 0 aliphatic rings. The minimum atomic E-state index is -2.50. The SMILES string of the molecule is [2H]C([2H])([2H])c1nc(-c2ccc(NC(=O)[C@H](O)c3cc(F)cc(F)c3)cc2C)c2c(N)nc(C)cn12. The number of carbonyl (C=O) groups is 1. The molecule has 0 aliphatic carbocycles. The summed E-state index contributed by atoms with van der Waals surface area (Å²) >= 11 is 0. The van der Waals surface area contributed by atoms with Gasteiger partial charge in [-0.15, -0.1) is 0 Å². The Bertz CT molecular complexity index is 1450. The third kappa shape index (κ3) is 3.90. The summed E-state index contributed by atoms with van der Waals surface area (Å²) in [5.74, 6) is -2.77. The van der Waals surface area contributed by atoms with Crippen LogP contribution in [-0.2, 0) is 4.79 Å². The number of rotatable bonds is 4. The second-order valence-corrected chi connectivity index (χ2v) is 7.39. The van der Waals surface area contributed by atoms with Gasteiger partial charge in [-0.1, -0.05) is 6.07 Å². The van der Waals surface area contributed by atoms with Crippen LogP contribution in [0.3, 0.4) is 0 Å². The topological polar surface area (TPSA) is 106 Å². The molecule has 1 atom stereocenters. The molecule has 32 heavy (non-hydrogen) atoms. The van der Waals surface area contributed by atoms with E-state index in [-0.39, 0.29) is 17.2 Å². The number of amides is 1. The van der Waals surface area contributed by atoms with E-state index < -0.39 is 30.5 Å². The Kier molecular flexibility index (Phi) is 4.45. The number of imidazole rings is 1. The maximum absolute atomic E-state index is 13.4. The van der Waals surface area contributed by atoms with Gasteiger partial charge in [-0.2, -0.15) is 0 Å². The van der Waals surface area contributed by atoms with Crippen LogP contribution < -0.4 is 11.1 Å². The van der Waals surface area contributed by atoms with Gasteiger partial charge in [0.2, 0.25) is 0 Å². The van der Waals surface area contributed by atoms with E-state index in [2.05, 4.69) is 15.3 Å². The van der Waals surface area contributed by atoms with Gasteiger partial charge in [0, 0.05) is 27.6 Å². The molecule has 0 radical (unpaired) electrons. The van der Waals surface area contributed by atoms with Gasteiger partial charge in [0.15, 0.2) is 6.10 Å². The van der Waals surface area contributed by atoms with Crippen molar-refractivity contribution in [1.82, 2.24) is 14.4 Å². The summed E-state index contributed by atoms with van der Waals surface area (Å²) in [7, 11) is 0. The highest BCUT2D eigenvalue weighted by atomic mass is 19.1. The monoisotopic (exact) mass is 440 g/mol. The van der Waals surface area contributed by atoms with Crippen molar-refractivity contribution in [3.63, 3.8) is 0 Å². The van der Waals surface area contributed by atoms with Gasteiger partial charge < -0.3 is 16.2 Å². The Morgan fingerprint density at radius 3 is 2.56 bits per heavy atom. The molecule has 0 unspecified atom stereocenters. The first-order chi connectivity index (χ1) is 16.3. The zero-order chi connectivity index (χ0) is 25.7. The minimum Gasteiger partial charge on any atom is -0.382 e. The first-order valence-electron chi connectivity index (χ1n) is 11.1. The quantitative estimate of drug-likeness (QED) is 0.447. The van der Waals surface area contributed by atoms with Crippen molar-refractivity contribution in [1.29, 1.82) is 0 Å². The highest BCUT2D eigenvalue weighted by Gasteiger charge is 2.20. The van der Waals surface area contributed by atoms with Gasteiger partial charge in [-0.05, 0) is 56.1 Å². The van der Waals surface area contributed by atoms with Gasteiger partial charge in [-0.3, -0.25) is 9.20 Å². The first kappa shape index (κ1) is 17.8.